The molecule has 1 saturated carbocycles. The van der Waals surface area contributed by atoms with E-state index in [0.29, 0.717) is 10.4 Å². The van der Waals surface area contributed by atoms with E-state index in [1.807, 2.05) is 12.1 Å². The Bertz CT molecular complexity index is 421. The van der Waals surface area contributed by atoms with E-state index in [-0.39, 0.29) is 11.9 Å². The molecule has 3 atom stereocenters. The van der Waals surface area contributed by atoms with Gasteiger partial charge in [-0.1, -0.05) is 25.8 Å². The van der Waals surface area contributed by atoms with Gasteiger partial charge in [-0.2, -0.15) is 0 Å². The highest BCUT2D eigenvalue weighted by Gasteiger charge is 2.28. The lowest BCUT2D eigenvalue weighted by molar-refractivity contribution is 0.0463. The molecular formula is C16H22BrFO. The first-order valence-corrected chi connectivity index (χ1v) is 8.01. The summed E-state index contributed by atoms with van der Waals surface area (Å²) in [5.74, 6) is 0.849. The van der Waals surface area contributed by atoms with Crippen molar-refractivity contribution in [3.63, 3.8) is 0 Å². The van der Waals surface area contributed by atoms with Gasteiger partial charge in [0.05, 0.1) is 10.6 Å². The first-order valence-electron chi connectivity index (χ1n) is 7.22. The Morgan fingerprint density at radius 1 is 1.37 bits per heavy atom. The molecule has 0 bridgehead atoms. The molecule has 0 aliphatic heterocycles. The molecule has 1 aromatic carbocycles. The summed E-state index contributed by atoms with van der Waals surface area (Å²) in [4.78, 5) is 0. The predicted molar refractivity (Wildman–Crippen MR) is 79.5 cm³/mol. The van der Waals surface area contributed by atoms with Gasteiger partial charge in [0.2, 0.25) is 0 Å². The number of hydrogen-bond acceptors (Lipinski definition) is 1. The van der Waals surface area contributed by atoms with Crippen molar-refractivity contribution < 1.29 is 9.50 Å². The first kappa shape index (κ1) is 15.0. The summed E-state index contributed by atoms with van der Waals surface area (Å²) in [6.45, 7) is 2.22. The second kappa shape index (κ2) is 6.85. The molecule has 3 heteroatoms. The van der Waals surface area contributed by atoms with Gasteiger partial charge in [0, 0.05) is 0 Å². The van der Waals surface area contributed by atoms with E-state index < -0.39 is 0 Å². The fourth-order valence-corrected chi connectivity index (χ4v) is 3.63. The van der Waals surface area contributed by atoms with Crippen LogP contribution in [0.4, 0.5) is 4.39 Å². The lowest BCUT2D eigenvalue weighted by atomic mass is 9.75. The van der Waals surface area contributed by atoms with Gasteiger partial charge in [0.15, 0.2) is 0 Å². The molecule has 0 radical (unpaired) electrons. The summed E-state index contributed by atoms with van der Waals surface area (Å²) in [5.41, 5.74) is 1.11. The van der Waals surface area contributed by atoms with Crippen LogP contribution < -0.4 is 0 Å². The average molecular weight is 329 g/mol. The molecule has 2 rings (SSSR count). The van der Waals surface area contributed by atoms with Crippen LogP contribution in [0.2, 0.25) is 0 Å². The van der Waals surface area contributed by atoms with Gasteiger partial charge < -0.3 is 5.11 Å². The minimum Gasteiger partial charge on any atom is -0.393 e. The topological polar surface area (TPSA) is 20.2 Å². The van der Waals surface area contributed by atoms with Crippen LogP contribution in [-0.4, -0.2) is 11.2 Å². The SMILES string of the molecule is CCCC1CCC(O)C(Cc2ccc(F)c(Br)c2)C1. The molecule has 1 aromatic rings. The van der Waals surface area contributed by atoms with Gasteiger partial charge >= 0.3 is 0 Å². The summed E-state index contributed by atoms with van der Waals surface area (Å²) in [5, 5.41) is 10.2. The smallest absolute Gasteiger partial charge is 0.137 e. The van der Waals surface area contributed by atoms with E-state index in [1.165, 1.54) is 18.9 Å². The van der Waals surface area contributed by atoms with Crippen LogP contribution in [0.25, 0.3) is 0 Å². The Hall–Kier alpha value is -0.410. The standard InChI is InChI=1S/C16H22BrFO/c1-2-3-11-5-7-16(19)13(8-11)9-12-4-6-15(18)14(17)10-12/h4,6,10-11,13,16,19H,2-3,5,7-9H2,1H3. The number of benzene rings is 1. The molecule has 0 spiro atoms. The highest BCUT2D eigenvalue weighted by atomic mass is 79.9. The minimum absolute atomic E-state index is 0.197. The number of hydrogen-bond donors (Lipinski definition) is 1. The van der Waals surface area contributed by atoms with Crippen molar-refractivity contribution in [2.75, 3.05) is 0 Å². The molecule has 1 fully saturated rings. The maximum atomic E-state index is 13.2. The maximum Gasteiger partial charge on any atom is 0.137 e. The summed E-state index contributed by atoms with van der Waals surface area (Å²) in [7, 11) is 0. The first-order chi connectivity index (χ1) is 9.10. The number of aliphatic hydroxyl groups is 1. The van der Waals surface area contributed by atoms with Crippen molar-refractivity contribution in [1.29, 1.82) is 0 Å². The van der Waals surface area contributed by atoms with Crippen LogP contribution in [0, 0.1) is 17.7 Å². The van der Waals surface area contributed by atoms with Crippen molar-refractivity contribution in [1.82, 2.24) is 0 Å². The molecule has 1 aliphatic rings. The number of rotatable bonds is 4. The molecule has 0 amide bonds. The van der Waals surface area contributed by atoms with Gasteiger partial charge in [-0.3, -0.25) is 0 Å². The normalized spacial score (nSPS) is 27.5. The second-order valence-corrected chi connectivity index (χ2v) is 6.60. The van der Waals surface area contributed by atoms with Crippen molar-refractivity contribution in [3.05, 3.63) is 34.1 Å². The molecule has 1 aliphatic carbocycles. The summed E-state index contributed by atoms with van der Waals surface area (Å²) >= 11 is 3.23. The zero-order valence-electron chi connectivity index (χ0n) is 11.4. The molecule has 1 N–H and O–H groups in total. The Morgan fingerprint density at radius 2 is 2.16 bits per heavy atom. The lowest BCUT2D eigenvalue weighted by Gasteiger charge is -2.33. The second-order valence-electron chi connectivity index (χ2n) is 5.75. The third kappa shape index (κ3) is 4.03. The van der Waals surface area contributed by atoms with Gasteiger partial charge in [0.1, 0.15) is 5.82 Å². The Balaban J connectivity index is 2.01. The third-order valence-corrected chi connectivity index (χ3v) is 4.84. The van der Waals surface area contributed by atoms with E-state index in [2.05, 4.69) is 22.9 Å². The molecule has 3 unspecified atom stereocenters. The van der Waals surface area contributed by atoms with E-state index in [9.17, 15) is 9.50 Å². The highest BCUT2D eigenvalue weighted by Crippen LogP contribution is 2.34. The predicted octanol–water partition coefficient (Wildman–Crippen LogP) is 4.71. The van der Waals surface area contributed by atoms with Gasteiger partial charge in [-0.15, -0.1) is 0 Å². The van der Waals surface area contributed by atoms with E-state index in [4.69, 9.17) is 0 Å². The lowest BCUT2D eigenvalue weighted by Crippen LogP contribution is -2.30. The summed E-state index contributed by atoms with van der Waals surface area (Å²) < 4.78 is 13.7. The van der Waals surface area contributed by atoms with Gasteiger partial charge in [-0.05, 0) is 71.1 Å². The average Bonchev–Trinajstić information content (AvgIpc) is 2.38. The van der Waals surface area contributed by atoms with Crippen LogP contribution in [0.3, 0.4) is 0 Å². The quantitative estimate of drug-likeness (QED) is 0.848. The van der Waals surface area contributed by atoms with Crippen molar-refractivity contribution >= 4 is 15.9 Å². The molecule has 19 heavy (non-hydrogen) atoms. The van der Waals surface area contributed by atoms with Crippen LogP contribution >= 0.6 is 15.9 Å². The minimum atomic E-state index is -0.225. The van der Waals surface area contributed by atoms with Gasteiger partial charge in [0.25, 0.3) is 0 Å². The molecule has 0 heterocycles. The fourth-order valence-electron chi connectivity index (χ4n) is 3.20. The zero-order valence-corrected chi connectivity index (χ0v) is 13.0. The van der Waals surface area contributed by atoms with E-state index in [0.717, 1.165) is 37.2 Å². The third-order valence-electron chi connectivity index (χ3n) is 4.23. The fraction of sp³-hybridized carbons (Fsp3) is 0.625. The Morgan fingerprint density at radius 3 is 2.84 bits per heavy atom. The van der Waals surface area contributed by atoms with Crippen molar-refractivity contribution in [3.8, 4) is 0 Å². The Labute approximate surface area is 123 Å². The van der Waals surface area contributed by atoms with Crippen LogP contribution in [0.1, 0.15) is 44.6 Å². The molecule has 0 aromatic heterocycles. The summed E-state index contributed by atoms with van der Waals surface area (Å²) in [6.07, 6.45) is 6.30. The number of halogens is 2. The molecule has 0 saturated heterocycles. The molecular weight excluding hydrogens is 307 g/mol. The monoisotopic (exact) mass is 328 g/mol. The highest BCUT2D eigenvalue weighted by molar-refractivity contribution is 9.10. The summed E-state index contributed by atoms with van der Waals surface area (Å²) in [6, 6.07) is 5.17. The maximum absolute atomic E-state index is 13.2. The molecule has 1 nitrogen and oxygen atoms in total. The van der Waals surface area contributed by atoms with E-state index >= 15 is 0 Å². The van der Waals surface area contributed by atoms with Crippen LogP contribution in [-0.2, 0) is 6.42 Å². The van der Waals surface area contributed by atoms with Crippen molar-refractivity contribution in [2.45, 2.75) is 51.6 Å². The van der Waals surface area contributed by atoms with E-state index in [1.54, 1.807) is 0 Å². The van der Waals surface area contributed by atoms with Crippen LogP contribution in [0.5, 0.6) is 0 Å². The Kier molecular flexibility index (Phi) is 5.40. The largest absolute Gasteiger partial charge is 0.393 e. The van der Waals surface area contributed by atoms with Gasteiger partial charge in [-0.25, -0.2) is 4.39 Å². The van der Waals surface area contributed by atoms with Crippen molar-refractivity contribution in [2.24, 2.45) is 11.8 Å². The zero-order chi connectivity index (χ0) is 13.8. The number of aliphatic hydroxyl groups excluding tert-OH is 1. The van der Waals surface area contributed by atoms with Crippen LogP contribution in [0.15, 0.2) is 22.7 Å². The molecule has 106 valence electrons.